The van der Waals surface area contributed by atoms with Gasteiger partial charge in [-0.25, -0.2) is 4.39 Å². The third-order valence-corrected chi connectivity index (χ3v) is 5.15. The first-order chi connectivity index (χ1) is 13.2. The Morgan fingerprint density at radius 2 is 2.04 bits per heavy atom. The van der Waals surface area contributed by atoms with E-state index >= 15 is 0 Å². The van der Waals surface area contributed by atoms with Crippen molar-refractivity contribution in [2.24, 2.45) is 0 Å². The van der Waals surface area contributed by atoms with E-state index < -0.39 is 29.6 Å². The summed E-state index contributed by atoms with van der Waals surface area (Å²) in [6.45, 7) is 0.237. The molecule has 0 radical (unpaired) electrons. The van der Waals surface area contributed by atoms with Gasteiger partial charge in [-0.15, -0.1) is 0 Å². The molecule has 2 aromatic rings. The minimum Gasteiger partial charge on any atom is -0.492 e. The van der Waals surface area contributed by atoms with Crippen molar-refractivity contribution in [2.75, 3.05) is 6.61 Å². The number of carboxylic acid groups (broad SMARTS) is 1. The summed E-state index contributed by atoms with van der Waals surface area (Å²) in [6.07, 6.45) is -5.12. The molecule has 8 heteroatoms. The molecular weight excluding hydrogens is 380 g/mol. The highest BCUT2D eigenvalue weighted by molar-refractivity contribution is 5.68. The van der Waals surface area contributed by atoms with Crippen LogP contribution in [0.15, 0.2) is 30.3 Å². The van der Waals surface area contributed by atoms with Crippen LogP contribution in [0.3, 0.4) is 0 Å². The number of alkyl halides is 3. The zero-order chi connectivity index (χ0) is 20.1. The van der Waals surface area contributed by atoms with Crippen molar-refractivity contribution in [1.29, 1.82) is 0 Å². The van der Waals surface area contributed by atoms with Crippen molar-refractivity contribution < 1.29 is 36.9 Å². The normalized spacial score (nSPS) is 20.4. The van der Waals surface area contributed by atoms with Gasteiger partial charge in [0.1, 0.15) is 23.4 Å². The van der Waals surface area contributed by atoms with Gasteiger partial charge >= 0.3 is 12.1 Å². The number of fused-ring (bicyclic) bond motifs is 2. The second-order valence-corrected chi connectivity index (χ2v) is 6.94. The third kappa shape index (κ3) is 3.27. The molecule has 2 aliphatic rings. The van der Waals surface area contributed by atoms with Crippen molar-refractivity contribution in [3.05, 3.63) is 58.4 Å². The van der Waals surface area contributed by atoms with Gasteiger partial charge < -0.3 is 14.6 Å². The van der Waals surface area contributed by atoms with E-state index in [1.807, 2.05) is 0 Å². The van der Waals surface area contributed by atoms with Gasteiger partial charge in [0, 0.05) is 23.1 Å². The largest absolute Gasteiger partial charge is 0.492 e. The maximum absolute atomic E-state index is 14.3. The van der Waals surface area contributed by atoms with Gasteiger partial charge in [0.05, 0.1) is 18.6 Å². The van der Waals surface area contributed by atoms with Crippen LogP contribution >= 0.6 is 0 Å². The van der Waals surface area contributed by atoms with Gasteiger partial charge in [0.15, 0.2) is 0 Å². The summed E-state index contributed by atoms with van der Waals surface area (Å²) in [5.74, 6) is -1.10. The number of hydrogen-bond acceptors (Lipinski definition) is 3. The molecule has 28 heavy (non-hydrogen) atoms. The molecular formula is C20H16F4O4. The summed E-state index contributed by atoms with van der Waals surface area (Å²) in [5.41, 5.74) is -0.202. The molecule has 4 nitrogen and oxygen atoms in total. The van der Waals surface area contributed by atoms with Crippen molar-refractivity contribution in [3.63, 3.8) is 0 Å². The first-order valence-electron chi connectivity index (χ1n) is 8.77. The van der Waals surface area contributed by atoms with Gasteiger partial charge in [-0.1, -0.05) is 6.07 Å². The van der Waals surface area contributed by atoms with Gasteiger partial charge in [-0.3, -0.25) is 4.79 Å². The van der Waals surface area contributed by atoms with Crippen LogP contribution in [-0.4, -0.2) is 17.7 Å². The summed E-state index contributed by atoms with van der Waals surface area (Å²) < 4.78 is 65.1. The molecule has 1 aliphatic carbocycles. The molecule has 0 unspecified atom stereocenters. The van der Waals surface area contributed by atoms with E-state index in [4.69, 9.17) is 14.6 Å². The van der Waals surface area contributed by atoms with E-state index in [1.54, 1.807) is 18.2 Å². The van der Waals surface area contributed by atoms with Crippen molar-refractivity contribution in [2.45, 2.75) is 37.5 Å². The Kier molecular flexibility index (Phi) is 4.44. The molecule has 1 heterocycles. The highest BCUT2D eigenvalue weighted by atomic mass is 19.4. The molecule has 0 saturated heterocycles. The fraction of sp³-hybridized carbons (Fsp3) is 0.350. The molecule has 148 valence electrons. The van der Waals surface area contributed by atoms with Crippen molar-refractivity contribution in [3.8, 4) is 11.5 Å². The second-order valence-electron chi connectivity index (χ2n) is 6.94. The molecule has 0 bridgehead atoms. The van der Waals surface area contributed by atoms with E-state index in [0.29, 0.717) is 11.5 Å². The molecule has 2 atom stereocenters. The molecule has 4 rings (SSSR count). The molecule has 1 N–H and O–H groups in total. The SMILES string of the molecule is O=C(O)C[C@@H]1COc2cc(O[C@@H]3CCc4c(C(F)(F)F)ccc(F)c43)ccc21. The van der Waals surface area contributed by atoms with Crippen LogP contribution in [0.2, 0.25) is 0 Å². The highest BCUT2D eigenvalue weighted by Gasteiger charge is 2.39. The third-order valence-electron chi connectivity index (χ3n) is 5.15. The Morgan fingerprint density at radius 1 is 1.25 bits per heavy atom. The van der Waals surface area contributed by atoms with E-state index in [1.165, 1.54) is 0 Å². The fourth-order valence-electron chi connectivity index (χ4n) is 3.93. The average molecular weight is 396 g/mol. The van der Waals surface area contributed by atoms with Crippen molar-refractivity contribution >= 4 is 5.97 Å². The molecule has 0 aromatic heterocycles. The van der Waals surface area contributed by atoms with Crippen LogP contribution in [-0.2, 0) is 17.4 Å². The van der Waals surface area contributed by atoms with E-state index in [0.717, 1.165) is 17.7 Å². The summed E-state index contributed by atoms with van der Waals surface area (Å²) >= 11 is 0. The number of carbonyl (C=O) groups is 1. The second kappa shape index (κ2) is 6.68. The van der Waals surface area contributed by atoms with E-state index in [2.05, 4.69) is 0 Å². The lowest BCUT2D eigenvalue weighted by Crippen LogP contribution is -2.11. The van der Waals surface area contributed by atoms with Crippen LogP contribution in [0.4, 0.5) is 17.6 Å². The minimum atomic E-state index is -4.55. The fourth-order valence-corrected chi connectivity index (χ4v) is 3.93. The lowest BCUT2D eigenvalue weighted by atomic mass is 9.98. The molecule has 0 saturated carbocycles. The molecule has 0 fully saturated rings. The average Bonchev–Trinajstić information content (AvgIpc) is 3.19. The molecule has 0 spiro atoms. The monoisotopic (exact) mass is 396 g/mol. The number of ether oxygens (including phenoxy) is 2. The molecule has 0 amide bonds. The van der Waals surface area contributed by atoms with Crippen LogP contribution in [0.1, 0.15) is 47.1 Å². The van der Waals surface area contributed by atoms with E-state index in [-0.39, 0.29) is 42.9 Å². The Hall–Kier alpha value is -2.77. The summed E-state index contributed by atoms with van der Waals surface area (Å²) in [5, 5.41) is 8.95. The standard InChI is InChI=1S/C20H16F4O4/c21-15-5-4-14(20(22,23)24)13-3-6-16(19(13)15)28-11-1-2-12-10(7-18(25)26)9-27-17(12)8-11/h1-2,4-5,8,10,16H,3,6-7,9H2,(H,25,26)/t10-,16-/m1/s1. The zero-order valence-electron chi connectivity index (χ0n) is 14.6. The number of hydrogen-bond donors (Lipinski definition) is 1. The highest BCUT2D eigenvalue weighted by Crippen LogP contribution is 2.44. The molecule has 1 aliphatic heterocycles. The smallest absolute Gasteiger partial charge is 0.416 e. The number of halogens is 4. The topological polar surface area (TPSA) is 55.8 Å². The van der Waals surface area contributed by atoms with Gasteiger partial charge in [-0.2, -0.15) is 13.2 Å². The van der Waals surface area contributed by atoms with Crippen molar-refractivity contribution in [1.82, 2.24) is 0 Å². The number of benzene rings is 2. The summed E-state index contributed by atoms with van der Waals surface area (Å²) in [7, 11) is 0. The van der Waals surface area contributed by atoms with Crippen LogP contribution < -0.4 is 9.47 Å². The Bertz CT molecular complexity index is 939. The minimum absolute atomic E-state index is 0.0556. The number of carboxylic acids is 1. The maximum Gasteiger partial charge on any atom is 0.416 e. The summed E-state index contributed by atoms with van der Waals surface area (Å²) in [4.78, 5) is 10.9. The first kappa shape index (κ1) is 18.6. The maximum atomic E-state index is 14.3. The molecule has 2 aromatic carbocycles. The van der Waals surface area contributed by atoms with Gasteiger partial charge in [0.2, 0.25) is 0 Å². The predicted molar refractivity (Wildman–Crippen MR) is 90.0 cm³/mol. The Morgan fingerprint density at radius 3 is 2.75 bits per heavy atom. The number of aliphatic carboxylic acids is 1. The van der Waals surface area contributed by atoms with Gasteiger partial charge in [-0.05, 0) is 36.6 Å². The van der Waals surface area contributed by atoms with Crippen LogP contribution in [0.5, 0.6) is 11.5 Å². The quantitative estimate of drug-likeness (QED) is 0.750. The van der Waals surface area contributed by atoms with Crippen LogP contribution in [0.25, 0.3) is 0 Å². The first-order valence-corrected chi connectivity index (χ1v) is 8.77. The van der Waals surface area contributed by atoms with Gasteiger partial charge in [0.25, 0.3) is 0 Å². The Labute approximate surface area is 157 Å². The lowest BCUT2D eigenvalue weighted by Gasteiger charge is -2.18. The van der Waals surface area contributed by atoms with E-state index in [9.17, 15) is 22.4 Å². The summed E-state index contributed by atoms with van der Waals surface area (Å²) in [6, 6.07) is 6.45. The lowest BCUT2D eigenvalue weighted by molar-refractivity contribution is -0.138. The van der Waals surface area contributed by atoms with Crippen LogP contribution in [0, 0.1) is 5.82 Å². The zero-order valence-corrected chi connectivity index (χ0v) is 14.6. The predicted octanol–water partition coefficient (Wildman–Crippen LogP) is 4.86. The number of rotatable bonds is 4. The Balaban J connectivity index is 1.59.